The van der Waals surface area contributed by atoms with E-state index in [1.54, 1.807) is 6.20 Å². The molecule has 0 aliphatic carbocycles. The molecule has 1 aromatic heterocycles. The van der Waals surface area contributed by atoms with E-state index in [4.69, 9.17) is 9.47 Å². The molecule has 2 fully saturated rings. The van der Waals surface area contributed by atoms with Crippen LogP contribution >= 0.6 is 11.3 Å². The topological polar surface area (TPSA) is 84.0 Å². The average Bonchev–Trinajstić information content (AvgIpc) is 3.20. The second kappa shape index (κ2) is 7.71. The number of carbonyl (C=O) groups is 2. The smallest absolute Gasteiger partial charge is 0.379 e. The molecule has 126 valence electrons. The first kappa shape index (κ1) is 16.2. The monoisotopic (exact) mass is 340 g/mol. The van der Waals surface area contributed by atoms with Crippen molar-refractivity contribution in [3.05, 3.63) is 11.1 Å². The van der Waals surface area contributed by atoms with Gasteiger partial charge in [0, 0.05) is 43.8 Å². The van der Waals surface area contributed by atoms with Gasteiger partial charge in [-0.1, -0.05) is 0 Å². The van der Waals surface area contributed by atoms with E-state index in [1.807, 2.05) is 0 Å². The Morgan fingerprint density at radius 3 is 2.74 bits per heavy atom. The van der Waals surface area contributed by atoms with E-state index in [2.05, 4.69) is 15.2 Å². The van der Waals surface area contributed by atoms with Crippen molar-refractivity contribution in [1.29, 1.82) is 0 Å². The van der Waals surface area contributed by atoms with Gasteiger partial charge in [0.05, 0.1) is 13.2 Å². The molecule has 1 aromatic rings. The number of aromatic nitrogens is 1. The van der Waals surface area contributed by atoms with E-state index in [0.717, 1.165) is 50.6 Å². The summed E-state index contributed by atoms with van der Waals surface area (Å²) in [6, 6.07) is 0. The summed E-state index contributed by atoms with van der Waals surface area (Å²) >= 11 is 1.38. The Bertz CT molecular complexity index is 553. The Kier molecular flexibility index (Phi) is 5.42. The summed E-state index contributed by atoms with van der Waals surface area (Å²) in [5, 5.41) is 2.95. The van der Waals surface area contributed by atoms with Crippen LogP contribution in [0, 0.1) is 0 Å². The Labute approximate surface area is 138 Å². The maximum atomic E-state index is 11.7. The number of likely N-dealkylation sites (tertiary alicyclic amines) is 1. The lowest BCUT2D eigenvalue weighted by molar-refractivity contribution is 0.0346. The molecule has 2 aliphatic rings. The fourth-order valence-corrected chi connectivity index (χ4v) is 3.42. The summed E-state index contributed by atoms with van der Waals surface area (Å²) in [6.45, 7) is 5.36. The van der Waals surface area contributed by atoms with Gasteiger partial charge in [-0.3, -0.25) is 10.2 Å². The maximum absolute atomic E-state index is 11.7. The van der Waals surface area contributed by atoms with Gasteiger partial charge in [-0.25, -0.2) is 14.6 Å². The van der Waals surface area contributed by atoms with E-state index in [0.29, 0.717) is 18.2 Å². The number of hydrogen-bond donors (Lipinski definition) is 1. The SMILES string of the molecule is O=C(Nc1ncc(CN2CCOCC2)s1)OC(=O)N1CCCC1. The van der Waals surface area contributed by atoms with Crippen molar-refractivity contribution in [3.63, 3.8) is 0 Å². The zero-order chi connectivity index (χ0) is 16.1. The molecular weight excluding hydrogens is 320 g/mol. The number of amides is 2. The molecule has 2 amide bonds. The third-order valence-corrected chi connectivity index (χ3v) is 4.69. The molecule has 0 aromatic carbocycles. The number of morpholine rings is 1. The van der Waals surface area contributed by atoms with Crippen LogP contribution in [0.1, 0.15) is 17.7 Å². The predicted molar refractivity (Wildman–Crippen MR) is 84.5 cm³/mol. The van der Waals surface area contributed by atoms with Crippen molar-refractivity contribution >= 4 is 28.7 Å². The van der Waals surface area contributed by atoms with E-state index < -0.39 is 12.2 Å². The standard InChI is InChI=1S/C14H20N4O4S/c19-13(22-14(20)18-3-1-2-4-18)16-12-15-9-11(23-12)10-17-5-7-21-8-6-17/h9H,1-8,10H2,(H,15,16,19). The van der Waals surface area contributed by atoms with Gasteiger partial charge >= 0.3 is 12.2 Å². The van der Waals surface area contributed by atoms with Crippen LogP contribution < -0.4 is 5.32 Å². The van der Waals surface area contributed by atoms with E-state index in [1.165, 1.54) is 16.2 Å². The Morgan fingerprint density at radius 2 is 2.00 bits per heavy atom. The van der Waals surface area contributed by atoms with E-state index in [9.17, 15) is 9.59 Å². The summed E-state index contributed by atoms with van der Waals surface area (Å²) < 4.78 is 10.1. The largest absolute Gasteiger partial charge is 0.422 e. The summed E-state index contributed by atoms with van der Waals surface area (Å²) in [5.74, 6) is 0. The van der Waals surface area contributed by atoms with Crippen molar-refractivity contribution in [2.24, 2.45) is 0 Å². The molecule has 2 saturated heterocycles. The third-order valence-electron chi connectivity index (χ3n) is 3.79. The highest BCUT2D eigenvalue weighted by Gasteiger charge is 2.22. The van der Waals surface area contributed by atoms with Gasteiger partial charge in [0.2, 0.25) is 0 Å². The lowest BCUT2D eigenvalue weighted by atomic mass is 10.4. The van der Waals surface area contributed by atoms with E-state index in [-0.39, 0.29) is 0 Å². The lowest BCUT2D eigenvalue weighted by Gasteiger charge is -2.25. The molecule has 0 unspecified atom stereocenters. The number of thiazole rings is 1. The van der Waals surface area contributed by atoms with E-state index >= 15 is 0 Å². The fraction of sp³-hybridized carbons (Fsp3) is 0.643. The molecule has 9 heteroatoms. The van der Waals surface area contributed by atoms with Crippen LogP contribution in [0.4, 0.5) is 14.7 Å². The second-order valence-electron chi connectivity index (χ2n) is 5.49. The number of hydrogen-bond acceptors (Lipinski definition) is 7. The maximum Gasteiger partial charge on any atom is 0.422 e. The van der Waals surface area contributed by atoms with Crippen LogP contribution in [-0.4, -0.2) is 66.4 Å². The Hall–Kier alpha value is -1.71. The lowest BCUT2D eigenvalue weighted by Crippen LogP contribution is -2.35. The molecule has 0 radical (unpaired) electrons. The van der Waals surface area contributed by atoms with Crippen molar-refractivity contribution < 1.29 is 19.1 Å². The van der Waals surface area contributed by atoms with Crippen LogP contribution in [0.2, 0.25) is 0 Å². The molecule has 1 N–H and O–H groups in total. The van der Waals surface area contributed by atoms with Crippen LogP contribution in [0.25, 0.3) is 0 Å². The summed E-state index contributed by atoms with van der Waals surface area (Å²) in [4.78, 5) is 32.5. The van der Waals surface area contributed by atoms with Crippen LogP contribution in [0.3, 0.4) is 0 Å². The number of nitrogens with zero attached hydrogens (tertiary/aromatic N) is 3. The summed E-state index contributed by atoms with van der Waals surface area (Å²) in [6.07, 6.45) is 2.26. The van der Waals surface area contributed by atoms with Crippen molar-refractivity contribution in [1.82, 2.24) is 14.8 Å². The quantitative estimate of drug-likeness (QED) is 0.844. The first-order valence-electron chi connectivity index (χ1n) is 7.73. The zero-order valence-electron chi connectivity index (χ0n) is 12.8. The predicted octanol–water partition coefficient (Wildman–Crippen LogP) is 1.74. The highest BCUT2D eigenvalue weighted by Crippen LogP contribution is 2.20. The average molecular weight is 340 g/mol. The number of nitrogens with one attached hydrogen (secondary N) is 1. The Balaban J connectivity index is 1.46. The minimum Gasteiger partial charge on any atom is -0.379 e. The van der Waals surface area contributed by atoms with Gasteiger partial charge in [0.1, 0.15) is 0 Å². The van der Waals surface area contributed by atoms with Crippen molar-refractivity contribution in [2.45, 2.75) is 19.4 Å². The highest BCUT2D eigenvalue weighted by atomic mass is 32.1. The van der Waals surface area contributed by atoms with Crippen molar-refractivity contribution in [3.8, 4) is 0 Å². The minimum absolute atomic E-state index is 0.437. The first-order valence-corrected chi connectivity index (χ1v) is 8.55. The van der Waals surface area contributed by atoms with Crippen LogP contribution in [0.5, 0.6) is 0 Å². The Morgan fingerprint density at radius 1 is 1.26 bits per heavy atom. The molecule has 3 heterocycles. The molecule has 0 saturated carbocycles. The molecular formula is C14H20N4O4S. The zero-order valence-corrected chi connectivity index (χ0v) is 13.6. The summed E-state index contributed by atoms with van der Waals surface area (Å²) in [5.41, 5.74) is 0. The molecule has 3 rings (SSSR count). The molecule has 0 bridgehead atoms. The minimum atomic E-state index is -0.783. The van der Waals surface area contributed by atoms with Gasteiger partial charge in [0.15, 0.2) is 5.13 Å². The number of carbonyl (C=O) groups excluding carboxylic acids is 2. The summed E-state index contributed by atoms with van der Waals surface area (Å²) in [7, 11) is 0. The van der Waals surface area contributed by atoms with Gasteiger partial charge in [-0.2, -0.15) is 0 Å². The number of rotatable bonds is 3. The van der Waals surface area contributed by atoms with Crippen molar-refractivity contribution in [2.75, 3.05) is 44.7 Å². The molecule has 2 aliphatic heterocycles. The molecule has 23 heavy (non-hydrogen) atoms. The fourth-order valence-electron chi connectivity index (χ4n) is 2.57. The van der Waals surface area contributed by atoms with Crippen LogP contribution in [0.15, 0.2) is 6.20 Å². The molecule has 0 spiro atoms. The molecule has 8 nitrogen and oxygen atoms in total. The van der Waals surface area contributed by atoms with Gasteiger partial charge in [-0.05, 0) is 12.8 Å². The third kappa shape index (κ3) is 4.63. The normalized spacial score (nSPS) is 18.9. The number of anilines is 1. The molecule has 0 atom stereocenters. The van der Waals surface area contributed by atoms with Crippen LogP contribution in [-0.2, 0) is 16.0 Å². The first-order chi connectivity index (χ1) is 11.2. The highest BCUT2D eigenvalue weighted by molar-refractivity contribution is 7.15. The van der Waals surface area contributed by atoms with Gasteiger partial charge in [-0.15, -0.1) is 11.3 Å². The second-order valence-corrected chi connectivity index (χ2v) is 6.61. The van der Waals surface area contributed by atoms with Gasteiger partial charge < -0.3 is 14.4 Å². The number of ether oxygens (including phenoxy) is 2. The van der Waals surface area contributed by atoms with Gasteiger partial charge in [0.25, 0.3) is 0 Å².